The molecule has 1 aromatic heterocycles. The number of ether oxygens (including phenoxy) is 1. The summed E-state index contributed by atoms with van der Waals surface area (Å²) in [7, 11) is 0. The highest BCUT2D eigenvalue weighted by Crippen LogP contribution is 2.32. The second kappa shape index (κ2) is 7.00. The molecular weight excluding hydrogens is 340 g/mol. The van der Waals surface area contributed by atoms with Crippen LogP contribution in [0, 0.1) is 5.92 Å². The SMILES string of the molecule is O=C(Nc1ccnn1C1CCN(Cc2ccc3c(c2)CCO3)CC1)C1CC1. The highest BCUT2D eigenvalue weighted by Gasteiger charge is 2.31. The molecule has 27 heavy (non-hydrogen) atoms. The molecule has 0 atom stereocenters. The maximum Gasteiger partial charge on any atom is 0.228 e. The smallest absolute Gasteiger partial charge is 0.228 e. The fourth-order valence-electron chi connectivity index (χ4n) is 4.20. The molecule has 6 heteroatoms. The number of hydrogen-bond donors (Lipinski definition) is 1. The minimum atomic E-state index is 0.148. The summed E-state index contributed by atoms with van der Waals surface area (Å²) in [4.78, 5) is 14.6. The van der Waals surface area contributed by atoms with Crippen molar-refractivity contribution in [2.75, 3.05) is 25.0 Å². The van der Waals surface area contributed by atoms with E-state index in [1.165, 1.54) is 11.1 Å². The van der Waals surface area contributed by atoms with Gasteiger partial charge in [-0.15, -0.1) is 0 Å². The third kappa shape index (κ3) is 3.58. The molecule has 2 fully saturated rings. The number of carbonyl (C=O) groups is 1. The molecule has 6 nitrogen and oxygen atoms in total. The first kappa shape index (κ1) is 16.8. The van der Waals surface area contributed by atoms with Crippen LogP contribution in [0.2, 0.25) is 0 Å². The monoisotopic (exact) mass is 366 g/mol. The Labute approximate surface area is 159 Å². The first-order valence-corrected chi connectivity index (χ1v) is 10.1. The maximum absolute atomic E-state index is 12.1. The van der Waals surface area contributed by atoms with E-state index >= 15 is 0 Å². The van der Waals surface area contributed by atoms with Gasteiger partial charge in [-0.05, 0) is 42.9 Å². The Morgan fingerprint density at radius 3 is 2.85 bits per heavy atom. The Morgan fingerprint density at radius 1 is 1.19 bits per heavy atom. The number of hydrogen-bond acceptors (Lipinski definition) is 4. The second-order valence-corrected chi connectivity index (χ2v) is 7.97. The number of nitrogens with zero attached hydrogens (tertiary/aromatic N) is 3. The number of rotatable bonds is 5. The third-order valence-corrected chi connectivity index (χ3v) is 5.93. The highest BCUT2D eigenvalue weighted by atomic mass is 16.5. The number of aromatic nitrogens is 2. The zero-order chi connectivity index (χ0) is 18.2. The van der Waals surface area contributed by atoms with Gasteiger partial charge >= 0.3 is 0 Å². The van der Waals surface area contributed by atoms with E-state index < -0.39 is 0 Å². The fourth-order valence-corrected chi connectivity index (χ4v) is 4.20. The number of amides is 1. The molecule has 0 unspecified atom stereocenters. The third-order valence-electron chi connectivity index (χ3n) is 5.93. The van der Waals surface area contributed by atoms with Crippen LogP contribution < -0.4 is 10.1 Å². The zero-order valence-electron chi connectivity index (χ0n) is 15.6. The van der Waals surface area contributed by atoms with Crippen molar-refractivity contribution in [1.29, 1.82) is 0 Å². The Hall–Kier alpha value is -2.34. The van der Waals surface area contributed by atoms with Crippen molar-refractivity contribution in [2.45, 2.75) is 44.7 Å². The predicted octanol–water partition coefficient (Wildman–Crippen LogP) is 3.00. The quantitative estimate of drug-likeness (QED) is 0.884. The lowest BCUT2D eigenvalue weighted by Gasteiger charge is -2.32. The maximum atomic E-state index is 12.1. The molecule has 1 aromatic carbocycles. The van der Waals surface area contributed by atoms with Crippen LogP contribution in [0.1, 0.15) is 42.9 Å². The van der Waals surface area contributed by atoms with E-state index in [2.05, 4.69) is 33.5 Å². The Balaban J connectivity index is 1.18. The molecule has 5 rings (SSSR count). The number of anilines is 1. The van der Waals surface area contributed by atoms with E-state index in [0.29, 0.717) is 6.04 Å². The van der Waals surface area contributed by atoms with Gasteiger partial charge in [0.15, 0.2) is 0 Å². The van der Waals surface area contributed by atoms with Gasteiger partial charge in [0.25, 0.3) is 0 Å². The molecular formula is C21H26N4O2. The lowest BCUT2D eigenvalue weighted by atomic mass is 10.0. The molecule has 3 aliphatic rings. The minimum absolute atomic E-state index is 0.148. The van der Waals surface area contributed by atoms with Crippen LogP contribution in [0.3, 0.4) is 0 Å². The molecule has 1 N–H and O–H groups in total. The lowest BCUT2D eigenvalue weighted by molar-refractivity contribution is -0.117. The molecule has 2 aliphatic heterocycles. The Kier molecular flexibility index (Phi) is 4.36. The molecule has 3 heterocycles. The molecule has 1 saturated heterocycles. The average Bonchev–Trinajstić information content (AvgIpc) is 3.27. The van der Waals surface area contributed by atoms with Crippen LogP contribution in [0.25, 0.3) is 0 Å². The van der Waals surface area contributed by atoms with E-state index in [1.54, 1.807) is 6.20 Å². The van der Waals surface area contributed by atoms with Gasteiger partial charge in [0.2, 0.25) is 5.91 Å². The molecule has 142 valence electrons. The van der Waals surface area contributed by atoms with Crippen LogP contribution in [-0.4, -0.2) is 40.3 Å². The standard InChI is InChI=1S/C21H26N4O2/c26-21(16-2-3-16)23-20-5-9-22-25(20)18-6-10-24(11-7-18)14-15-1-4-19-17(13-15)8-12-27-19/h1,4-5,9,13,16,18H,2-3,6-8,10-12,14H2,(H,23,26). The van der Waals surface area contributed by atoms with Crippen LogP contribution in [0.5, 0.6) is 5.75 Å². The van der Waals surface area contributed by atoms with Gasteiger partial charge in [0, 0.05) is 38.0 Å². The van der Waals surface area contributed by atoms with Gasteiger partial charge in [-0.1, -0.05) is 12.1 Å². The average molecular weight is 366 g/mol. The Morgan fingerprint density at radius 2 is 2.04 bits per heavy atom. The number of nitrogens with one attached hydrogen (secondary N) is 1. The van der Waals surface area contributed by atoms with Crippen molar-refractivity contribution in [3.05, 3.63) is 41.6 Å². The number of fused-ring (bicyclic) bond motifs is 1. The molecule has 1 saturated carbocycles. The largest absolute Gasteiger partial charge is 0.493 e. The van der Waals surface area contributed by atoms with Gasteiger partial charge in [-0.2, -0.15) is 5.10 Å². The van der Waals surface area contributed by atoms with Crippen molar-refractivity contribution in [3.8, 4) is 5.75 Å². The fraction of sp³-hybridized carbons (Fsp3) is 0.524. The van der Waals surface area contributed by atoms with Gasteiger partial charge in [-0.25, -0.2) is 4.68 Å². The molecule has 0 radical (unpaired) electrons. The number of benzene rings is 1. The van der Waals surface area contributed by atoms with Crippen molar-refractivity contribution in [1.82, 2.24) is 14.7 Å². The number of carbonyl (C=O) groups excluding carboxylic acids is 1. The van der Waals surface area contributed by atoms with Gasteiger partial charge < -0.3 is 10.1 Å². The van der Waals surface area contributed by atoms with Crippen molar-refractivity contribution in [2.24, 2.45) is 5.92 Å². The van der Waals surface area contributed by atoms with Crippen LogP contribution in [0.4, 0.5) is 5.82 Å². The normalized spacial score (nSPS) is 20.3. The molecule has 0 bridgehead atoms. The van der Waals surface area contributed by atoms with Crippen molar-refractivity contribution >= 4 is 11.7 Å². The number of likely N-dealkylation sites (tertiary alicyclic amines) is 1. The van der Waals surface area contributed by atoms with Gasteiger partial charge in [-0.3, -0.25) is 9.69 Å². The van der Waals surface area contributed by atoms with E-state index in [9.17, 15) is 4.79 Å². The summed E-state index contributed by atoms with van der Waals surface area (Å²) >= 11 is 0. The van der Waals surface area contributed by atoms with Crippen molar-refractivity contribution in [3.63, 3.8) is 0 Å². The zero-order valence-corrected chi connectivity index (χ0v) is 15.6. The Bertz CT molecular complexity index is 834. The van der Waals surface area contributed by atoms with E-state index in [1.807, 2.05) is 10.7 Å². The highest BCUT2D eigenvalue weighted by molar-refractivity contribution is 5.93. The summed E-state index contributed by atoms with van der Waals surface area (Å²) in [5.74, 6) is 2.27. The second-order valence-electron chi connectivity index (χ2n) is 7.97. The summed E-state index contributed by atoms with van der Waals surface area (Å²) in [6.07, 6.45) is 6.98. The van der Waals surface area contributed by atoms with E-state index in [0.717, 1.165) is 69.9 Å². The topological polar surface area (TPSA) is 59.4 Å². The van der Waals surface area contributed by atoms with Crippen LogP contribution in [-0.2, 0) is 17.8 Å². The summed E-state index contributed by atoms with van der Waals surface area (Å²) in [5.41, 5.74) is 2.71. The van der Waals surface area contributed by atoms with E-state index in [4.69, 9.17) is 4.74 Å². The molecule has 2 aromatic rings. The summed E-state index contributed by atoms with van der Waals surface area (Å²) < 4.78 is 7.62. The summed E-state index contributed by atoms with van der Waals surface area (Å²) in [5, 5.41) is 7.55. The summed E-state index contributed by atoms with van der Waals surface area (Å²) in [6, 6.07) is 8.88. The lowest BCUT2D eigenvalue weighted by Crippen LogP contribution is -2.35. The predicted molar refractivity (Wildman–Crippen MR) is 103 cm³/mol. The minimum Gasteiger partial charge on any atom is -0.493 e. The first-order valence-electron chi connectivity index (χ1n) is 10.1. The number of piperidine rings is 1. The van der Waals surface area contributed by atoms with Crippen molar-refractivity contribution < 1.29 is 9.53 Å². The molecule has 1 amide bonds. The summed E-state index contributed by atoms with van der Waals surface area (Å²) in [6.45, 7) is 3.90. The molecule has 0 spiro atoms. The van der Waals surface area contributed by atoms with Crippen LogP contribution >= 0.6 is 0 Å². The van der Waals surface area contributed by atoms with Gasteiger partial charge in [0.1, 0.15) is 11.6 Å². The van der Waals surface area contributed by atoms with Gasteiger partial charge in [0.05, 0.1) is 18.8 Å². The molecule has 1 aliphatic carbocycles. The van der Waals surface area contributed by atoms with E-state index in [-0.39, 0.29) is 11.8 Å². The first-order chi connectivity index (χ1) is 13.3. The van der Waals surface area contributed by atoms with Crippen LogP contribution in [0.15, 0.2) is 30.5 Å².